The molecule has 0 spiro atoms. The van der Waals surface area contributed by atoms with Crippen LogP contribution in [0.5, 0.6) is 0 Å². The summed E-state index contributed by atoms with van der Waals surface area (Å²) in [6.07, 6.45) is 0.859. The first-order valence-electron chi connectivity index (χ1n) is 7.21. The quantitative estimate of drug-likeness (QED) is 0.837. The van der Waals surface area contributed by atoms with Crippen LogP contribution in [0.15, 0.2) is 0 Å². The molecule has 116 valence electrons. The van der Waals surface area contributed by atoms with Crippen LogP contribution in [0.2, 0.25) is 0 Å². The van der Waals surface area contributed by atoms with Gasteiger partial charge in [-0.15, -0.1) is 0 Å². The summed E-state index contributed by atoms with van der Waals surface area (Å²) in [5.74, 6) is -1.27. The van der Waals surface area contributed by atoms with Crippen LogP contribution < -0.4 is 5.32 Å². The average Bonchev–Trinajstić information content (AvgIpc) is 2.55. The molecule has 1 heterocycles. The van der Waals surface area contributed by atoms with Crippen LogP contribution in [0.3, 0.4) is 0 Å². The van der Waals surface area contributed by atoms with E-state index >= 15 is 0 Å². The summed E-state index contributed by atoms with van der Waals surface area (Å²) >= 11 is 0. The van der Waals surface area contributed by atoms with E-state index in [0.717, 1.165) is 6.42 Å². The van der Waals surface area contributed by atoms with Crippen LogP contribution in [0.1, 0.15) is 48.0 Å². The average molecular weight is 284 g/mol. The molecule has 2 unspecified atom stereocenters. The van der Waals surface area contributed by atoms with Crippen molar-refractivity contribution >= 4 is 12.0 Å². The molecule has 5 nitrogen and oxygen atoms in total. The number of amides is 2. The van der Waals surface area contributed by atoms with Gasteiger partial charge in [0, 0.05) is 18.6 Å². The predicted molar refractivity (Wildman–Crippen MR) is 78.5 cm³/mol. The van der Waals surface area contributed by atoms with Crippen LogP contribution in [0.4, 0.5) is 4.79 Å². The Hall–Kier alpha value is -1.26. The minimum absolute atomic E-state index is 0.00368. The van der Waals surface area contributed by atoms with Gasteiger partial charge >= 0.3 is 12.0 Å². The van der Waals surface area contributed by atoms with Crippen molar-refractivity contribution in [2.24, 2.45) is 17.3 Å². The molecule has 0 radical (unpaired) electrons. The molecular weight excluding hydrogens is 256 g/mol. The fourth-order valence-electron chi connectivity index (χ4n) is 3.19. The van der Waals surface area contributed by atoms with Gasteiger partial charge in [-0.05, 0) is 31.6 Å². The number of urea groups is 1. The molecule has 0 saturated carbocycles. The van der Waals surface area contributed by atoms with Gasteiger partial charge in [0.05, 0.1) is 5.92 Å². The Morgan fingerprint density at radius 1 is 1.20 bits per heavy atom. The van der Waals surface area contributed by atoms with Gasteiger partial charge < -0.3 is 15.3 Å². The second kappa shape index (κ2) is 5.62. The number of likely N-dealkylation sites (tertiary alicyclic amines) is 1. The lowest BCUT2D eigenvalue weighted by Crippen LogP contribution is -2.51. The fraction of sp³-hybridized carbons (Fsp3) is 0.867. The van der Waals surface area contributed by atoms with Crippen LogP contribution in [0.25, 0.3) is 0 Å². The third-order valence-electron chi connectivity index (χ3n) is 3.63. The number of rotatable bonds is 3. The summed E-state index contributed by atoms with van der Waals surface area (Å²) in [6.45, 7) is 13.1. The standard InChI is InChI=1S/C15H28N2O3/c1-10-7-17(8-11(10)12(18)19)13(20)16-15(5,6)9-14(2,3)4/h10-11H,7-9H2,1-6H3,(H,16,20)(H,18,19). The number of aliphatic carboxylic acids is 1. The Balaban J connectivity index is 2.62. The van der Waals surface area contributed by atoms with Gasteiger partial charge in [0.25, 0.3) is 0 Å². The van der Waals surface area contributed by atoms with E-state index in [9.17, 15) is 9.59 Å². The minimum Gasteiger partial charge on any atom is -0.481 e. The van der Waals surface area contributed by atoms with Crippen molar-refractivity contribution in [1.29, 1.82) is 0 Å². The largest absolute Gasteiger partial charge is 0.481 e. The highest BCUT2D eigenvalue weighted by molar-refractivity contribution is 5.78. The Kier molecular flexibility index (Phi) is 4.72. The van der Waals surface area contributed by atoms with Crippen molar-refractivity contribution in [3.8, 4) is 0 Å². The molecule has 5 heteroatoms. The summed E-state index contributed by atoms with van der Waals surface area (Å²) in [5.41, 5.74) is -0.182. The first kappa shape index (κ1) is 16.8. The lowest BCUT2D eigenvalue weighted by Gasteiger charge is -2.34. The summed E-state index contributed by atoms with van der Waals surface area (Å²) in [7, 11) is 0. The highest BCUT2D eigenvalue weighted by Crippen LogP contribution is 2.28. The van der Waals surface area contributed by atoms with E-state index in [1.54, 1.807) is 4.90 Å². The molecule has 1 aliphatic heterocycles. The van der Waals surface area contributed by atoms with E-state index in [0.29, 0.717) is 13.1 Å². The molecule has 1 saturated heterocycles. The number of carbonyl (C=O) groups is 2. The second-order valence-electron chi connectivity index (χ2n) is 7.88. The number of carboxylic acid groups (broad SMARTS) is 1. The van der Waals surface area contributed by atoms with Gasteiger partial charge in [0.1, 0.15) is 0 Å². The van der Waals surface area contributed by atoms with E-state index in [2.05, 4.69) is 26.1 Å². The summed E-state index contributed by atoms with van der Waals surface area (Å²) in [6, 6.07) is -0.158. The number of nitrogens with zero attached hydrogens (tertiary/aromatic N) is 1. The number of carboxylic acids is 1. The Bertz CT molecular complexity index is 385. The Labute approximate surface area is 121 Å². The minimum atomic E-state index is -0.818. The van der Waals surface area contributed by atoms with Crippen molar-refractivity contribution in [2.45, 2.75) is 53.5 Å². The zero-order chi connectivity index (χ0) is 15.7. The highest BCUT2D eigenvalue weighted by atomic mass is 16.4. The monoisotopic (exact) mass is 284 g/mol. The maximum atomic E-state index is 12.3. The maximum absolute atomic E-state index is 12.3. The zero-order valence-corrected chi connectivity index (χ0v) is 13.5. The van der Waals surface area contributed by atoms with E-state index in [1.807, 2.05) is 20.8 Å². The summed E-state index contributed by atoms with van der Waals surface area (Å²) in [5, 5.41) is 12.1. The predicted octanol–water partition coefficient (Wildman–Crippen LogP) is 2.56. The molecule has 0 bridgehead atoms. The van der Waals surface area contributed by atoms with Gasteiger partial charge in [0.2, 0.25) is 0 Å². The molecule has 1 fully saturated rings. The van der Waals surface area contributed by atoms with Crippen molar-refractivity contribution in [1.82, 2.24) is 10.2 Å². The van der Waals surface area contributed by atoms with Crippen LogP contribution in [0, 0.1) is 17.3 Å². The number of hydrogen-bond acceptors (Lipinski definition) is 2. The molecule has 1 rings (SSSR count). The van der Waals surface area contributed by atoms with Gasteiger partial charge in [-0.2, -0.15) is 0 Å². The summed E-state index contributed by atoms with van der Waals surface area (Å²) < 4.78 is 0. The third kappa shape index (κ3) is 4.69. The van der Waals surface area contributed by atoms with Gasteiger partial charge in [0.15, 0.2) is 0 Å². The van der Waals surface area contributed by atoms with Gasteiger partial charge in [-0.1, -0.05) is 27.7 Å². The molecule has 0 aromatic rings. The number of carbonyl (C=O) groups excluding carboxylic acids is 1. The molecule has 2 N–H and O–H groups in total. The number of hydrogen-bond donors (Lipinski definition) is 2. The molecule has 0 aromatic heterocycles. The van der Waals surface area contributed by atoms with Crippen LogP contribution >= 0.6 is 0 Å². The molecule has 2 amide bonds. The molecule has 20 heavy (non-hydrogen) atoms. The van der Waals surface area contributed by atoms with Crippen molar-refractivity contribution < 1.29 is 14.7 Å². The molecule has 1 aliphatic rings. The van der Waals surface area contributed by atoms with Crippen molar-refractivity contribution in [2.75, 3.05) is 13.1 Å². The van der Waals surface area contributed by atoms with Crippen molar-refractivity contribution in [3.05, 3.63) is 0 Å². The van der Waals surface area contributed by atoms with E-state index in [4.69, 9.17) is 5.11 Å². The van der Waals surface area contributed by atoms with Crippen LogP contribution in [-0.2, 0) is 4.79 Å². The number of nitrogens with one attached hydrogen (secondary N) is 1. The molecule has 0 aliphatic carbocycles. The lowest BCUT2D eigenvalue weighted by atomic mass is 9.82. The molecule has 0 aromatic carbocycles. The zero-order valence-electron chi connectivity index (χ0n) is 13.5. The Morgan fingerprint density at radius 3 is 2.15 bits per heavy atom. The van der Waals surface area contributed by atoms with E-state index < -0.39 is 11.9 Å². The Morgan fingerprint density at radius 2 is 1.75 bits per heavy atom. The normalized spacial score (nSPS) is 23.8. The van der Waals surface area contributed by atoms with E-state index in [-0.39, 0.29) is 22.9 Å². The third-order valence-corrected chi connectivity index (χ3v) is 3.63. The topological polar surface area (TPSA) is 69.6 Å². The first-order chi connectivity index (χ1) is 8.91. The second-order valence-corrected chi connectivity index (χ2v) is 7.88. The fourth-order valence-corrected chi connectivity index (χ4v) is 3.19. The molecule has 2 atom stereocenters. The highest BCUT2D eigenvalue weighted by Gasteiger charge is 2.38. The maximum Gasteiger partial charge on any atom is 0.317 e. The van der Waals surface area contributed by atoms with Gasteiger partial charge in [-0.3, -0.25) is 4.79 Å². The molecular formula is C15H28N2O3. The first-order valence-corrected chi connectivity index (χ1v) is 7.21. The van der Waals surface area contributed by atoms with Gasteiger partial charge in [-0.25, -0.2) is 4.79 Å². The SMILES string of the molecule is CC1CN(C(=O)NC(C)(C)CC(C)(C)C)CC1C(=O)O. The van der Waals surface area contributed by atoms with Crippen molar-refractivity contribution in [3.63, 3.8) is 0 Å². The smallest absolute Gasteiger partial charge is 0.317 e. The van der Waals surface area contributed by atoms with E-state index in [1.165, 1.54) is 0 Å². The lowest BCUT2D eigenvalue weighted by molar-refractivity contribution is -0.142. The van der Waals surface area contributed by atoms with Crippen LogP contribution in [-0.4, -0.2) is 40.6 Å². The summed E-state index contributed by atoms with van der Waals surface area (Å²) in [4.78, 5) is 25.0.